The van der Waals surface area contributed by atoms with Gasteiger partial charge in [-0.25, -0.2) is 4.98 Å². The van der Waals surface area contributed by atoms with E-state index < -0.39 is 5.97 Å². The van der Waals surface area contributed by atoms with Crippen molar-refractivity contribution in [3.05, 3.63) is 45.4 Å². The first-order valence-electron chi connectivity index (χ1n) is 11.3. The zero-order valence-electron chi connectivity index (χ0n) is 20.6. The summed E-state index contributed by atoms with van der Waals surface area (Å²) in [6.07, 6.45) is 0.218. The minimum absolute atomic E-state index is 0.0284. The number of aromatic nitrogens is 2. The Hall–Kier alpha value is -3.60. The first-order chi connectivity index (χ1) is 16.8. The van der Waals surface area contributed by atoms with Gasteiger partial charge < -0.3 is 28.7 Å². The highest BCUT2D eigenvalue weighted by atomic mass is 16.5. The number of methoxy groups -OCH3 is 3. The number of amides is 1. The predicted octanol–water partition coefficient (Wildman–Crippen LogP) is 1.07. The molecule has 11 nitrogen and oxygen atoms in total. The number of nitrogens with zero attached hydrogens (tertiary/aromatic N) is 3. The molecule has 0 spiro atoms. The van der Waals surface area contributed by atoms with Crippen LogP contribution >= 0.6 is 0 Å². The van der Waals surface area contributed by atoms with Crippen molar-refractivity contribution in [2.24, 2.45) is 0 Å². The quantitative estimate of drug-likeness (QED) is 0.489. The van der Waals surface area contributed by atoms with Gasteiger partial charge in [-0.2, -0.15) is 0 Å². The standard InChI is InChI=1S/C24H32N4O7/c1-16-20(23(31)26-24(25-16)27-7-9-35-10-8-27)5-6-21(29)28(15-22(30)34-4)14-17-11-18(32-2)13-19(12-17)33-3/h11-13H,5-10,14-15H2,1-4H3,(H,25,26,31). The van der Waals surface area contributed by atoms with Crippen LogP contribution in [-0.4, -0.2) is 80.9 Å². The summed E-state index contributed by atoms with van der Waals surface area (Å²) in [4.78, 5) is 48.6. The molecule has 190 valence electrons. The molecular formula is C24H32N4O7. The van der Waals surface area contributed by atoms with Gasteiger partial charge in [0.05, 0.1) is 34.5 Å². The van der Waals surface area contributed by atoms with Crippen molar-refractivity contribution >= 4 is 17.8 Å². The van der Waals surface area contributed by atoms with E-state index in [0.717, 1.165) is 5.56 Å². The van der Waals surface area contributed by atoms with E-state index >= 15 is 0 Å². The maximum Gasteiger partial charge on any atom is 0.325 e. The van der Waals surface area contributed by atoms with Gasteiger partial charge in [-0.15, -0.1) is 0 Å². The van der Waals surface area contributed by atoms with Crippen LogP contribution in [0, 0.1) is 6.92 Å². The first kappa shape index (κ1) is 26.0. The lowest BCUT2D eigenvalue weighted by Gasteiger charge is -2.27. The highest BCUT2D eigenvalue weighted by Gasteiger charge is 2.21. The average Bonchev–Trinajstić information content (AvgIpc) is 2.87. The molecule has 2 heterocycles. The molecule has 3 rings (SSSR count). The Labute approximate surface area is 203 Å². The van der Waals surface area contributed by atoms with E-state index in [0.29, 0.717) is 55.0 Å². The number of rotatable bonds is 10. The molecule has 0 bridgehead atoms. The second-order valence-electron chi connectivity index (χ2n) is 8.10. The van der Waals surface area contributed by atoms with Crippen LogP contribution in [0.2, 0.25) is 0 Å². The number of ether oxygens (including phenoxy) is 4. The van der Waals surface area contributed by atoms with Crippen LogP contribution < -0.4 is 19.9 Å². The molecule has 1 aromatic carbocycles. The van der Waals surface area contributed by atoms with Gasteiger partial charge in [-0.3, -0.25) is 19.4 Å². The summed E-state index contributed by atoms with van der Waals surface area (Å²) in [5.74, 6) is 0.800. The molecule has 1 N–H and O–H groups in total. The first-order valence-corrected chi connectivity index (χ1v) is 11.3. The lowest BCUT2D eigenvalue weighted by atomic mass is 10.1. The van der Waals surface area contributed by atoms with Gasteiger partial charge >= 0.3 is 5.97 Å². The van der Waals surface area contributed by atoms with Crippen molar-refractivity contribution < 1.29 is 28.5 Å². The molecule has 0 radical (unpaired) electrons. The van der Waals surface area contributed by atoms with Gasteiger partial charge in [0.15, 0.2) is 0 Å². The second kappa shape index (κ2) is 12.2. The number of aromatic amines is 1. The third-order valence-electron chi connectivity index (χ3n) is 5.79. The normalized spacial score (nSPS) is 13.3. The lowest BCUT2D eigenvalue weighted by molar-refractivity contribution is -0.147. The second-order valence-corrected chi connectivity index (χ2v) is 8.10. The van der Waals surface area contributed by atoms with E-state index in [-0.39, 0.29) is 37.4 Å². The smallest absolute Gasteiger partial charge is 0.325 e. The molecule has 0 saturated carbocycles. The van der Waals surface area contributed by atoms with Gasteiger partial charge in [-0.1, -0.05) is 0 Å². The zero-order chi connectivity index (χ0) is 25.4. The fourth-order valence-electron chi connectivity index (χ4n) is 3.84. The Morgan fingerprint density at radius 3 is 2.34 bits per heavy atom. The molecule has 1 aromatic heterocycles. The number of anilines is 1. The third kappa shape index (κ3) is 6.95. The number of nitrogens with one attached hydrogen (secondary N) is 1. The van der Waals surface area contributed by atoms with Crippen LogP contribution in [0.15, 0.2) is 23.0 Å². The number of morpholine rings is 1. The van der Waals surface area contributed by atoms with Gasteiger partial charge in [0.25, 0.3) is 5.56 Å². The molecule has 1 amide bonds. The Kier molecular flexibility index (Phi) is 9.07. The molecule has 0 unspecified atom stereocenters. The lowest BCUT2D eigenvalue weighted by Crippen LogP contribution is -2.39. The molecule has 2 aromatic rings. The highest BCUT2D eigenvalue weighted by molar-refractivity contribution is 5.82. The van der Waals surface area contributed by atoms with Crippen molar-refractivity contribution in [2.45, 2.75) is 26.3 Å². The summed E-state index contributed by atoms with van der Waals surface area (Å²) in [6.45, 7) is 4.13. The summed E-state index contributed by atoms with van der Waals surface area (Å²) in [7, 11) is 4.34. The molecule has 35 heavy (non-hydrogen) atoms. The van der Waals surface area contributed by atoms with E-state index in [1.165, 1.54) is 26.2 Å². The fourth-order valence-corrected chi connectivity index (χ4v) is 3.84. The maximum absolute atomic E-state index is 13.1. The van der Waals surface area contributed by atoms with Crippen molar-refractivity contribution in [1.29, 1.82) is 0 Å². The molecule has 1 aliphatic heterocycles. The number of aryl methyl sites for hydroxylation is 1. The molecule has 1 fully saturated rings. The van der Waals surface area contributed by atoms with Gasteiger partial charge in [0.2, 0.25) is 11.9 Å². The van der Waals surface area contributed by atoms with Gasteiger partial charge in [0.1, 0.15) is 18.0 Å². The van der Waals surface area contributed by atoms with Crippen LogP contribution in [0.3, 0.4) is 0 Å². The van der Waals surface area contributed by atoms with Crippen LogP contribution in [0.5, 0.6) is 11.5 Å². The van der Waals surface area contributed by atoms with Crippen molar-refractivity contribution in [3.63, 3.8) is 0 Å². The minimum Gasteiger partial charge on any atom is -0.497 e. The van der Waals surface area contributed by atoms with Crippen molar-refractivity contribution in [2.75, 3.05) is 59.1 Å². The third-order valence-corrected chi connectivity index (χ3v) is 5.79. The summed E-state index contributed by atoms with van der Waals surface area (Å²) in [5, 5.41) is 0. The van der Waals surface area contributed by atoms with Crippen LogP contribution in [0.4, 0.5) is 5.95 Å². The van der Waals surface area contributed by atoms with Crippen molar-refractivity contribution in [1.82, 2.24) is 14.9 Å². The minimum atomic E-state index is -0.543. The molecule has 1 saturated heterocycles. The van der Waals surface area contributed by atoms with Crippen LogP contribution in [-0.2, 0) is 32.0 Å². The van der Waals surface area contributed by atoms with Gasteiger partial charge in [-0.05, 0) is 31.0 Å². The van der Waals surface area contributed by atoms with Crippen molar-refractivity contribution in [3.8, 4) is 11.5 Å². The molecule has 1 aliphatic rings. The number of carbonyl (C=O) groups is 2. The van der Waals surface area contributed by atoms with E-state index in [4.69, 9.17) is 18.9 Å². The number of carbonyl (C=O) groups excluding carboxylic acids is 2. The Morgan fingerprint density at radius 2 is 1.77 bits per heavy atom. The number of hydrogen-bond donors (Lipinski definition) is 1. The topological polar surface area (TPSA) is 123 Å². The van der Waals surface area contributed by atoms with E-state index in [9.17, 15) is 14.4 Å². The Bertz CT molecular complexity index is 1070. The largest absolute Gasteiger partial charge is 0.497 e. The maximum atomic E-state index is 13.1. The van der Waals surface area contributed by atoms with Gasteiger partial charge in [0, 0.05) is 43.4 Å². The summed E-state index contributed by atoms with van der Waals surface area (Å²) < 4.78 is 20.7. The number of H-pyrrole nitrogens is 1. The molecule has 11 heteroatoms. The molecular weight excluding hydrogens is 456 g/mol. The van der Waals surface area contributed by atoms with E-state index in [1.54, 1.807) is 25.1 Å². The Balaban J connectivity index is 1.74. The summed E-state index contributed by atoms with van der Waals surface area (Å²) in [6, 6.07) is 5.25. The number of esters is 1. The molecule has 0 atom stereocenters. The monoisotopic (exact) mass is 488 g/mol. The summed E-state index contributed by atoms with van der Waals surface area (Å²) >= 11 is 0. The van der Waals surface area contributed by atoms with Crippen LogP contribution in [0.1, 0.15) is 23.2 Å². The molecule has 0 aliphatic carbocycles. The summed E-state index contributed by atoms with van der Waals surface area (Å²) in [5.41, 5.74) is 1.46. The zero-order valence-corrected chi connectivity index (χ0v) is 20.6. The fraction of sp³-hybridized carbons (Fsp3) is 0.500. The number of benzene rings is 1. The van der Waals surface area contributed by atoms with E-state index in [2.05, 4.69) is 9.97 Å². The predicted molar refractivity (Wildman–Crippen MR) is 128 cm³/mol. The van der Waals surface area contributed by atoms with Crippen LogP contribution in [0.25, 0.3) is 0 Å². The van der Waals surface area contributed by atoms with E-state index in [1.807, 2.05) is 4.90 Å². The average molecular weight is 489 g/mol. The highest BCUT2D eigenvalue weighted by Crippen LogP contribution is 2.24. The number of hydrogen-bond acceptors (Lipinski definition) is 9. The Morgan fingerprint density at radius 1 is 1.11 bits per heavy atom. The SMILES string of the molecule is COC(=O)CN(Cc1cc(OC)cc(OC)c1)C(=O)CCc1c(C)nc(N2CCOCC2)[nH]c1=O.